The van der Waals surface area contributed by atoms with Crippen molar-refractivity contribution in [3.05, 3.63) is 66.1 Å². The molecular formula is C24H24F2N6O. The number of morpholine rings is 1. The number of halogens is 2. The van der Waals surface area contributed by atoms with E-state index in [-0.39, 0.29) is 5.56 Å². The Morgan fingerprint density at radius 1 is 1.00 bits per heavy atom. The molecule has 33 heavy (non-hydrogen) atoms. The van der Waals surface area contributed by atoms with Crippen LogP contribution < -0.4 is 4.90 Å². The summed E-state index contributed by atoms with van der Waals surface area (Å²) in [6.45, 7) is 4.35. The number of benzene rings is 1. The van der Waals surface area contributed by atoms with E-state index >= 15 is 0 Å². The number of pyridine rings is 1. The van der Waals surface area contributed by atoms with Gasteiger partial charge in [-0.25, -0.2) is 18.7 Å². The van der Waals surface area contributed by atoms with Gasteiger partial charge in [-0.1, -0.05) is 0 Å². The zero-order valence-corrected chi connectivity index (χ0v) is 18.3. The third-order valence-corrected chi connectivity index (χ3v) is 5.61. The number of hydrogen-bond donors (Lipinski definition) is 0. The molecule has 0 spiro atoms. The quantitative estimate of drug-likeness (QED) is 0.463. The molecule has 6 rings (SSSR count). The predicted octanol–water partition coefficient (Wildman–Crippen LogP) is 4.33. The average molecular weight is 450 g/mol. The van der Waals surface area contributed by atoms with Crippen LogP contribution in [0, 0.1) is 18.6 Å². The molecule has 4 heterocycles. The van der Waals surface area contributed by atoms with Gasteiger partial charge in [-0.15, -0.1) is 0 Å². The summed E-state index contributed by atoms with van der Waals surface area (Å²) < 4.78 is 35.0. The molecular weight excluding hydrogens is 426 g/mol. The fraction of sp³-hybridized carbons (Fsp3) is 0.333. The highest BCUT2D eigenvalue weighted by Crippen LogP contribution is 2.33. The second-order valence-electron chi connectivity index (χ2n) is 8.14. The van der Waals surface area contributed by atoms with Gasteiger partial charge in [-0.2, -0.15) is 10.1 Å². The summed E-state index contributed by atoms with van der Waals surface area (Å²) in [4.78, 5) is 15.6. The van der Waals surface area contributed by atoms with Crippen LogP contribution >= 0.6 is 0 Å². The van der Waals surface area contributed by atoms with E-state index in [0.29, 0.717) is 49.0 Å². The minimum Gasteiger partial charge on any atom is -0.378 e. The van der Waals surface area contributed by atoms with Crippen molar-refractivity contribution in [3.63, 3.8) is 0 Å². The first-order valence-electron chi connectivity index (χ1n) is 11.0. The molecule has 3 aromatic heterocycles. The molecule has 0 atom stereocenters. The van der Waals surface area contributed by atoms with Crippen molar-refractivity contribution >= 4 is 17.0 Å². The van der Waals surface area contributed by atoms with E-state index in [1.165, 1.54) is 25.0 Å². The first kappa shape index (κ1) is 21.4. The Bertz CT molecular complexity index is 1250. The number of nitrogens with zero attached hydrogens (tertiary/aromatic N) is 6. The van der Waals surface area contributed by atoms with E-state index in [1.807, 2.05) is 47.1 Å². The van der Waals surface area contributed by atoms with E-state index < -0.39 is 11.6 Å². The summed E-state index contributed by atoms with van der Waals surface area (Å²) in [7, 11) is 0. The maximum Gasteiger partial charge on any atom is 0.228 e. The molecule has 0 radical (unpaired) electrons. The maximum absolute atomic E-state index is 14.4. The second-order valence-corrected chi connectivity index (χ2v) is 8.14. The fourth-order valence-electron chi connectivity index (χ4n) is 3.72. The Morgan fingerprint density at radius 2 is 1.82 bits per heavy atom. The van der Waals surface area contributed by atoms with Gasteiger partial charge in [0.25, 0.3) is 0 Å². The Balaban J connectivity index is 0.000000238. The smallest absolute Gasteiger partial charge is 0.228 e. The lowest BCUT2D eigenvalue weighted by Gasteiger charge is -2.27. The molecule has 0 N–H and O–H groups in total. The Kier molecular flexibility index (Phi) is 5.95. The summed E-state index contributed by atoms with van der Waals surface area (Å²) in [6, 6.07) is 9.84. The lowest BCUT2D eigenvalue weighted by molar-refractivity contribution is 0.122. The lowest BCUT2D eigenvalue weighted by Crippen LogP contribution is -2.37. The van der Waals surface area contributed by atoms with E-state index in [4.69, 9.17) is 4.74 Å². The summed E-state index contributed by atoms with van der Waals surface area (Å²) in [6.07, 6.45) is 6.50. The molecule has 2 aliphatic rings. The number of aryl methyl sites for hydroxylation is 1. The minimum absolute atomic E-state index is 0.231. The van der Waals surface area contributed by atoms with Crippen molar-refractivity contribution in [1.82, 2.24) is 24.7 Å². The molecule has 7 nitrogen and oxygen atoms in total. The topological polar surface area (TPSA) is 69.0 Å². The highest BCUT2D eigenvalue weighted by atomic mass is 19.1. The van der Waals surface area contributed by atoms with Crippen LogP contribution in [0.4, 0.5) is 14.7 Å². The molecule has 1 saturated heterocycles. The van der Waals surface area contributed by atoms with Crippen LogP contribution in [0.5, 0.6) is 0 Å². The molecule has 170 valence electrons. The van der Waals surface area contributed by atoms with Crippen molar-refractivity contribution in [3.8, 4) is 11.3 Å². The van der Waals surface area contributed by atoms with E-state index in [9.17, 15) is 8.78 Å². The van der Waals surface area contributed by atoms with Crippen LogP contribution in [-0.2, 0) is 4.74 Å². The summed E-state index contributed by atoms with van der Waals surface area (Å²) in [5, 5.41) is 4.73. The van der Waals surface area contributed by atoms with Gasteiger partial charge in [0, 0.05) is 48.2 Å². The normalized spacial score (nSPS) is 15.9. The van der Waals surface area contributed by atoms with Gasteiger partial charge >= 0.3 is 0 Å². The van der Waals surface area contributed by atoms with Crippen molar-refractivity contribution in [2.75, 3.05) is 31.2 Å². The molecule has 1 aliphatic carbocycles. The first-order chi connectivity index (χ1) is 16.1. The van der Waals surface area contributed by atoms with Gasteiger partial charge < -0.3 is 9.64 Å². The third kappa shape index (κ3) is 4.83. The number of aromatic nitrogens is 5. The van der Waals surface area contributed by atoms with E-state index in [1.54, 1.807) is 0 Å². The monoisotopic (exact) mass is 450 g/mol. The van der Waals surface area contributed by atoms with Crippen LogP contribution in [0.15, 0.2) is 48.8 Å². The zero-order chi connectivity index (χ0) is 22.8. The highest BCUT2D eigenvalue weighted by molar-refractivity contribution is 5.91. The minimum atomic E-state index is -0.659. The molecule has 2 fully saturated rings. The first-order valence-corrected chi connectivity index (χ1v) is 11.0. The standard InChI is InChI=1S/C18H16F2N4O.C6H8N2/c1-11-2-4-14-16(13-5-3-12(19)10-15(13)20)22-18(23-17(14)21-11)24-6-8-25-9-7-24;1-4-7-8(5-1)6-2-3-6/h2-5,10H,6-9H2,1H3;1,4-6H,2-3H2. The third-order valence-electron chi connectivity index (χ3n) is 5.61. The average Bonchev–Trinajstić information content (AvgIpc) is 3.53. The van der Waals surface area contributed by atoms with Gasteiger partial charge in [0.15, 0.2) is 5.65 Å². The van der Waals surface area contributed by atoms with Crippen molar-refractivity contribution in [2.24, 2.45) is 0 Å². The zero-order valence-electron chi connectivity index (χ0n) is 18.3. The van der Waals surface area contributed by atoms with Crippen molar-refractivity contribution in [2.45, 2.75) is 25.8 Å². The number of ether oxygens (including phenoxy) is 1. The molecule has 1 saturated carbocycles. The number of hydrogen-bond acceptors (Lipinski definition) is 6. The largest absolute Gasteiger partial charge is 0.378 e. The fourth-order valence-corrected chi connectivity index (χ4v) is 3.72. The molecule has 1 aromatic carbocycles. The van der Waals surface area contributed by atoms with Gasteiger partial charge in [-0.3, -0.25) is 4.68 Å². The highest BCUT2D eigenvalue weighted by Gasteiger charge is 2.23. The molecule has 4 aromatic rings. The SMILES string of the molecule is Cc1ccc2c(-c3ccc(F)cc3F)nc(N3CCOCC3)nc2n1.c1cnn(C2CC2)c1. The van der Waals surface area contributed by atoms with Crippen LogP contribution in [0.3, 0.4) is 0 Å². The van der Waals surface area contributed by atoms with Crippen LogP contribution in [0.25, 0.3) is 22.3 Å². The van der Waals surface area contributed by atoms with Crippen LogP contribution in [0.2, 0.25) is 0 Å². The molecule has 9 heteroatoms. The lowest BCUT2D eigenvalue weighted by atomic mass is 10.1. The Labute approximate surface area is 190 Å². The van der Waals surface area contributed by atoms with Crippen molar-refractivity contribution in [1.29, 1.82) is 0 Å². The van der Waals surface area contributed by atoms with E-state index in [0.717, 1.165) is 17.8 Å². The van der Waals surface area contributed by atoms with Gasteiger partial charge in [-0.05, 0) is 50.1 Å². The van der Waals surface area contributed by atoms with Crippen LogP contribution in [0.1, 0.15) is 24.6 Å². The van der Waals surface area contributed by atoms with Crippen molar-refractivity contribution < 1.29 is 13.5 Å². The number of anilines is 1. The van der Waals surface area contributed by atoms with Gasteiger partial charge in [0.2, 0.25) is 5.95 Å². The van der Waals surface area contributed by atoms with E-state index in [2.05, 4.69) is 20.1 Å². The molecule has 0 unspecified atom stereocenters. The summed E-state index contributed by atoms with van der Waals surface area (Å²) in [5.74, 6) is -0.803. The Morgan fingerprint density at radius 3 is 2.52 bits per heavy atom. The Hall–Kier alpha value is -3.46. The molecule has 0 bridgehead atoms. The van der Waals surface area contributed by atoms with Crippen LogP contribution in [-0.4, -0.2) is 51.0 Å². The number of rotatable bonds is 3. The summed E-state index contributed by atoms with van der Waals surface area (Å²) >= 11 is 0. The van der Waals surface area contributed by atoms with Gasteiger partial charge in [0.1, 0.15) is 11.6 Å². The maximum atomic E-state index is 14.4. The second kappa shape index (κ2) is 9.19. The predicted molar refractivity (Wildman–Crippen MR) is 121 cm³/mol. The molecule has 1 aliphatic heterocycles. The summed E-state index contributed by atoms with van der Waals surface area (Å²) in [5.41, 5.74) is 1.95. The molecule has 0 amide bonds. The number of fused-ring (bicyclic) bond motifs is 1. The van der Waals surface area contributed by atoms with Gasteiger partial charge in [0.05, 0.1) is 24.9 Å².